The van der Waals surface area contributed by atoms with Crippen LogP contribution in [-0.2, 0) is 10.0 Å². The van der Waals surface area contributed by atoms with Gasteiger partial charge in [-0.2, -0.15) is 5.26 Å². The molecule has 6 nitrogen and oxygen atoms in total. The Labute approximate surface area is 201 Å². The van der Waals surface area contributed by atoms with Crippen LogP contribution in [0.25, 0.3) is 11.1 Å². The van der Waals surface area contributed by atoms with E-state index >= 15 is 0 Å². The van der Waals surface area contributed by atoms with E-state index < -0.39 is 10.0 Å². The summed E-state index contributed by atoms with van der Waals surface area (Å²) in [5.41, 5.74) is 3.55. The minimum absolute atomic E-state index is 0.0692. The average molecular weight is 476 g/mol. The first-order valence-electron chi connectivity index (χ1n) is 11.5. The summed E-state index contributed by atoms with van der Waals surface area (Å²) in [4.78, 5) is 2.63. The summed E-state index contributed by atoms with van der Waals surface area (Å²) in [5, 5.41) is 8.92. The lowest BCUT2D eigenvalue weighted by molar-refractivity contribution is 0.261. The smallest absolute Gasteiger partial charge is 0.241 e. The third kappa shape index (κ3) is 6.03. The number of benzene rings is 3. The fourth-order valence-corrected chi connectivity index (χ4v) is 5.74. The Morgan fingerprint density at radius 2 is 1.71 bits per heavy atom. The number of hydrogen-bond acceptors (Lipinski definition) is 5. The van der Waals surface area contributed by atoms with Gasteiger partial charge in [-0.3, -0.25) is 0 Å². The predicted octanol–water partition coefficient (Wildman–Crippen LogP) is 4.36. The number of nitrogens with zero attached hydrogens (tertiary/aromatic N) is 2. The number of nitrogens with one attached hydrogen (secondary N) is 1. The fraction of sp³-hybridized carbons (Fsp3) is 0.296. The second-order valence-corrected chi connectivity index (χ2v) is 10.3. The van der Waals surface area contributed by atoms with Crippen molar-refractivity contribution in [2.75, 3.05) is 26.2 Å². The van der Waals surface area contributed by atoms with Gasteiger partial charge in [-0.1, -0.05) is 42.5 Å². The molecule has 176 valence electrons. The first-order valence-corrected chi connectivity index (χ1v) is 13.0. The first-order chi connectivity index (χ1) is 16.4. The highest BCUT2D eigenvalue weighted by atomic mass is 32.2. The highest BCUT2D eigenvalue weighted by Gasteiger charge is 2.27. The highest BCUT2D eigenvalue weighted by Crippen LogP contribution is 2.23. The van der Waals surface area contributed by atoms with Crippen LogP contribution in [-0.4, -0.2) is 45.6 Å². The van der Waals surface area contributed by atoms with Crippen LogP contribution in [0, 0.1) is 18.3 Å². The van der Waals surface area contributed by atoms with E-state index in [4.69, 9.17) is 10.00 Å². The van der Waals surface area contributed by atoms with Crippen molar-refractivity contribution in [1.82, 2.24) is 9.62 Å². The van der Waals surface area contributed by atoms with Crippen LogP contribution in [0.1, 0.15) is 24.0 Å². The Balaban J connectivity index is 1.20. The molecular formula is C27H29N3O3S. The largest absolute Gasteiger partial charge is 0.494 e. The Morgan fingerprint density at radius 1 is 1.03 bits per heavy atom. The molecule has 0 bridgehead atoms. The molecule has 1 atom stereocenters. The molecule has 1 fully saturated rings. The molecule has 0 aromatic heterocycles. The molecule has 0 amide bonds. The van der Waals surface area contributed by atoms with E-state index in [1.807, 2.05) is 67.6 Å². The van der Waals surface area contributed by atoms with E-state index in [-0.39, 0.29) is 6.04 Å². The molecule has 1 saturated heterocycles. The van der Waals surface area contributed by atoms with Gasteiger partial charge in [0.05, 0.1) is 23.1 Å². The topological polar surface area (TPSA) is 82.4 Å². The summed E-state index contributed by atoms with van der Waals surface area (Å²) in [6.07, 6.45) is 1.68. The van der Waals surface area contributed by atoms with Crippen molar-refractivity contribution in [1.29, 1.82) is 5.26 Å². The second kappa shape index (κ2) is 10.8. The number of ether oxygens (including phenoxy) is 1. The molecule has 7 heteroatoms. The molecular weight excluding hydrogens is 446 g/mol. The summed E-state index contributed by atoms with van der Waals surface area (Å²) in [7, 11) is -3.50. The van der Waals surface area contributed by atoms with E-state index in [0.29, 0.717) is 23.6 Å². The Morgan fingerprint density at radius 3 is 2.38 bits per heavy atom. The van der Waals surface area contributed by atoms with Crippen molar-refractivity contribution >= 4 is 10.0 Å². The van der Waals surface area contributed by atoms with Crippen LogP contribution in [0.4, 0.5) is 0 Å². The molecule has 4 rings (SSSR count). The summed E-state index contributed by atoms with van der Waals surface area (Å²) >= 11 is 0. The van der Waals surface area contributed by atoms with Crippen LogP contribution in [0.2, 0.25) is 0 Å². The standard InChI is InChI=1S/C27H29N3O3S/c1-21-5-2-3-6-27(21)34(31,32)29-25-15-17-30(20-25)16-4-18-33-26-13-11-24(12-14-26)23-9-7-22(19-28)8-10-23/h2-3,5-14,25,29H,4,15-18,20H2,1H3/t25-/m1/s1. The van der Waals surface area contributed by atoms with Crippen molar-refractivity contribution in [3.8, 4) is 22.9 Å². The van der Waals surface area contributed by atoms with Gasteiger partial charge in [-0.05, 0) is 73.3 Å². The van der Waals surface area contributed by atoms with Crippen LogP contribution in [0.3, 0.4) is 0 Å². The zero-order valence-electron chi connectivity index (χ0n) is 19.3. The molecule has 0 radical (unpaired) electrons. The van der Waals surface area contributed by atoms with Crippen molar-refractivity contribution in [2.24, 2.45) is 0 Å². The lowest BCUT2D eigenvalue weighted by atomic mass is 10.0. The van der Waals surface area contributed by atoms with Crippen LogP contribution < -0.4 is 9.46 Å². The van der Waals surface area contributed by atoms with Gasteiger partial charge in [0.25, 0.3) is 0 Å². The van der Waals surface area contributed by atoms with Crippen molar-refractivity contribution in [3.05, 3.63) is 83.9 Å². The van der Waals surface area contributed by atoms with Crippen molar-refractivity contribution < 1.29 is 13.2 Å². The van der Waals surface area contributed by atoms with Gasteiger partial charge in [0.15, 0.2) is 0 Å². The maximum absolute atomic E-state index is 12.7. The summed E-state index contributed by atoms with van der Waals surface area (Å²) in [5.74, 6) is 0.822. The van der Waals surface area contributed by atoms with Gasteiger partial charge in [-0.15, -0.1) is 0 Å². The van der Waals surface area contributed by atoms with E-state index in [9.17, 15) is 8.42 Å². The monoisotopic (exact) mass is 475 g/mol. The summed E-state index contributed by atoms with van der Waals surface area (Å²) in [6, 6.07) is 24.6. The third-order valence-corrected chi connectivity index (χ3v) is 7.75. The number of sulfonamides is 1. The SMILES string of the molecule is Cc1ccccc1S(=O)(=O)N[C@@H]1CCN(CCCOc2ccc(-c3ccc(C#N)cc3)cc2)C1. The molecule has 0 saturated carbocycles. The average Bonchev–Trinajstić information content (AvgIpc) is 3.29. The van der Waals surface area contributed by atoms with E-state index in [0.717, 1.165) is 48.4 Å². The number of rotatable bonds is 9. The maximum Gasteiger partial charge on any atom is 0.241 e. The summed E-state index contributed by atoms with van der Waals surface area (Å²) < 4.78 is 34.2. The van der Waals surface area contributed by atoms with Gasteiger partial charge < -0.3 is 9.64 Å². The fourth-order valence-electron chi connectivity index (χ4n) is 4.23. The molecule has 1 aliphatic rings. The van der Waals surface area contributed by atoms with Gasteiger partial charge in [0, 0.05) is 19.1 Å². The molecule has 3 aromatic carbocycles. The number of aryl methyl sites for hydroxylation is 1. The van der Waals surface area contributed by atoms with Crippen molar-refractivity contribution in [2.45, 2.75) is 30.7 Å². The van der Waals surface area contributed by atoms with Crippen LogP contribution in [0.15, 0.2) is 77.7 Å². The minimum atomic E-state index is -3.50. The second-order valence-electron chi connectivity index (χ2n) is 8.59. The Kier molecular flexibility index (Phi) is 7.63. The normalized spacial score (nSPS) is 16.3. The number of hydrogen-bond donors (Lipinski definition) is 1. The van der Waals surface area contributed by atoms with E-state index in [1.165, 1.54) is 0 Å². The van der Waals surface area contributed by atoms with Gasteiger partial charge in [0.2, 0.25) is 10.0 Å². The lowest BCUT2D eigenvalue weighted by Crippen LogP contribution is -2.37. The van der Waals surface area contributed by atoms with E-state index in [2.05, 4.69) is 15.7 Å². The molecule has 0 unspecified atom stereocenters. The third-order valence-electron chi connectivity index (χ3n) is 6.07. The highest BCUT2D eigenvalue weighted by molar-refractivity contribution is 7.89. The maximum atomic E-state index is 12.7. The Hall–Kier alpha value is -3.18. The van der Waals surface area contributed by atoms with Gasteiger partial charge in [-0.25, -0.2) is 13.1 Å². The molecule has 1 aliphatic heterocycles. The van der Waals surface area contributed by atoms with Crippen LogP contribution in [0.5, 0.6) is 5.75 Å². The summed E-state index contributed by atoms with van der Waals surface area (Å²) in [6.45, 7) is 4.87. The van der Waals surface area contributed by atoms with Crippen molar-refractivity contribution in [3.63, 3.8) is 0 Å². The van der Waals surface area contributed by atoms with Gasteiger partial charge >= 0.3 is 0 Å². The zero-order chi connectivity index (χ0) is 24.0. The predicted molar refractivity (Wildman–Crippen MR) is 133 cm³/mol. The minimum Gasteiger partial charge on any atom is -0.494 e. The van der Waals surface area contributed by atoms with E-state index in [1.54, 1.807) is 12.1 Å². The molecule has 3 aromatic rings. The molecule has 34 heavy (non-hydrogen) atoms. The number of nitriles is 1. The zero-order valence-corrected chi connectivity index (χ0v) is 20.1. The molecule has 0 spiro atoms. The first kappa shape index (κ1) is 24.0. The lowest BCUT2D eigenvalue weighted by Gasteiger charge is -2.17. The molecule has 1 N–H and O–H groups in total. The number of likely N-dealkylation sites (tertiary alicyclic amines) is 1. The molecule has 1 heterocycles. The molecule has 0 aliphatic carbocycles. The Bertz CT molecular complexity index is 1250. The van der Waals surface area contributed by atoms with Crippen LogP contribution >= 0.6 is 0 Å². The quantitative estimate of drug-likeness (QED) is 0.465. The van der Waals surface area contributed by atoms with Gasteiger partial charge in [0.1, 0.15) is 5.75 Å².